The highest BCUT2D eigenvalue weighted by atomic mass is 32.2. The Morgan fingerprint density at radius 3 is 2.27 bits per heavy atom. The molecule has 0 radical (unpaired) electrons. The molecular weight excluding hydrogens is 544 g/mol. The van der Waals surface area contributed by atoms with Crippen molar-refractivity contribution >= 4 is 33.2 Å². The quantitative estimate of drug-likeness (QED) is 0.165. The lowest BCUT2D eigenvalue weighted by molar-refractivity contribution is -0.384. The molecule has 3 aromatic carbocycles. The maximum atomic E-state index is 14.0. The highest BCUT2D eigenvalue weighted by Gasteiger charge is 2.34. The van der Waals surface area contributed by atoms with Crippen molar-refractivity contribution in [1.82, 2.24) is 10.2 Å². The van der Waals surface area contributed by atoms with Crippen LogP contribution in [-0.2, 0) is 26.2 Å². The van der Waals surface area contributed by atoms with E-state index in [-0.39, 0.29) is 28.7 Å². The molecule has 0 fully saturated rings. The average Bonchev–Trinajstić information content (AvgIpc) is 2.97. The van der Waals surface area contributed by atoms with Gasteiger partial charge in [-0.05, 0) is 43.5 Å². The molecule has 0 aliphatic carbocycles. The zero-order valence-corrected chi connectivity index (χ0v) is 24.3. The normalized spacial score (nSPS) is 11.9. The minimum Gasteiger partial charge on any atom is -0.354 e. The molecule has 0 aromatic heterocycles. The molecule has 11 heteroatoms. The number of anilines is 1. The fourth-order valence-corrected chi connectivity index (χ4v) is 5.75. The summed E-state index contributed by atoms with van der Waals surface area (Å²) in [4.78, 5) is 39.4. The molecule has 0 aliphatic heterocycles. The number of nitro benzene ring substituents is 1. The van der Waals surface area contributed by atoms with Crippen LogP contribution in [0.25, 0.3) is 0 Å². The van der Waals surface area contributed by atoms with Gasteiger partial charge in [-0.1, -0.05) is 74.4 Å². The standard InChI is InChI=1S/C30H36N4O6S/c1-4-6-19-31-30(36)28(5-2)32(21-24-17-15-23(3)16-18-24)29(35)22-33(25-11-10-12-26(20-25)34(37)38)41(39,40)27-13-8-7-9-14-27/h7-18,20,28H,4-6,19,21-22H2,1-3H3,(H,31,36)/t28-/m1/s1. The van der Waals surface area contributed by atoms with Crippen molar-refractivity contribution in [2.45, 2.75) is 57.5 Å². The van der Waals surface area contributed by atoms with Crippen LogP contribution < -0.4 is 9.62 Å². The van der Waals surface area contributed by atoms with E-state index in [9.17, 15) is 28.1 Å². The molecule has 1 N–H and O–H groups in total. The molecule has 0 aliphatic rings. The van der Waals surface area contributed by atoms with Gasteiger partial charge in [0.1, 0.15) is 12.6 Å². The third kappa shape index (κ3) is 8.14. The Morgan fingerprint density at radius 2 is 1.66 bits per heavy atom. The van der Waals surface area contributed by atoms with Gasteiger partial charge in [-0.2, -0.15) is 0 Å². The minimum atomic E-state index is -4.31. The topological polar surface area (TPSA) is 130 Å². The lowest BCUT2D eigenvalue weighted by Crippen LogP contribution is -2.52. The fourth-order valence-electron chi connectivity index (χ4n) is 4.33. The summed E-state index contributed by atoms with van der Waals surface area (Å²) in [7, 11) is -4.31. The van der Waals surface area contributed by atoms with Crippen molar-refractivity contribution in [2.24, 2.45) is 0 Å². The summed E-state index contributed by atoms with van der Waals surface area (Å²) in [6, 6.07) is 19.3. The summed E-state index contributed by atoms with van der Waals surface area (Å²) >= 11 is 0. The van der Waals surface area contributed by atoms with Gasteiger partial charge in [0.05, 0.1) is 15.5 Å². The molecule has 3 aromatic rings. The molecule has 0 saturated carbocycles. The van der Waals surface area contributed by atoms with Gasteiger partial charge in [0, 0.05) is 25.2 Å². The van der Waals surface area contributed by atoms with E-state index in [1.165, 1.54) is 35.2 Å². The molecule has 0 heterocycles. The predicted octanol–water partition coefficient (Wildman–Crippen LogP) is 4.82. The molecule has 41 heavy (non-hydrogen) atoms. The van der Waals surface area contributed by atoms with E-state index >= 15 is 0 Å². The first-order chi connectivity index (χ1) is 19.6. The Labute approximate surface area is 241 Å². The van der Waals surface area contributed by atoms with Gasteiger partial charge >= 0.3 is 0 Å². The Bertz CT molecular complexity index is 1450. The van der Waals surface area contributed by atoms with Gasteiger partial charge in [-0.25, -0.2) is 8.42 Å². The van der Waals surface area contributed by atoms with Crippen molar-refractivity contribution in [3.63, 3.8) is 0 Å². The highest BCUT2D eigenvalue weighted by Crippen LogP contribution is 2.27. The number of hydrogen-bond donors (Lipinski definition) is 1. The summed E-state index contributed by atoms with van der Waals surface area (Å²) in [6.07, 6.45) is 1.97. The lowest BCUT2D eigenvalue weighted by Gasteiger charge is -2.33. The molecule has 0 unspecified atom stereocenters. The number of carbonyl (C=O) groups is 2. The Balaban J connectivity index is 2.06. The van der Waals surface area contributed by atoms with E-state index in [0.29, 0.717) is 13.0 Å². The first-order valence-corrected chi connectivity index (χ1v) is 15.0. The van der Waals surface area contributed by atoms with Crippen LogP contribution in [0.5, 0.6) is 0 Å². The van der Waals surface area contributed by atoms with Gasteiger partial charge in [0.2, 0.25) is 11.8 Å². The van der Waals surface area contributed by atoms with E-state index in [0.717, 1.165) is 34.3 Å². The number of sulfonamides is 1. The van der Waals surface area contributed by atoms with Crippen molar-refractivity contribution in [1.29, 1.82) is 0 Å². The number of nitrogens with one attached hydrogen (secondary N) is 1. The SMILES string of the molecule is CCCCNC(=O)[C@@H](CC)N(Cc1ccc(C)cc1)C(=O)CN(c1cccc([N+](=O)[O-])c1)S(=O)(=O)c1ccccc1. The number of amides is 2. The lowest BCUT2D eigenvalue weighted by atomic mass is 10.1. The molecule has 3 rings (SSSR count). The van der Waals surface area contributed by atoms with Gasteiger partial charge in [0.15, 0.2) is 0 Å². The van der Waals surface area contributed by atoms with E-state index in [1.54, 1.807) is 25.1 Å². The average molecular weight is 581 g/mol. The maximum absolute atomic E-state index is 14.0. The number of hydrogen-bond acceptors (Lipinski definition) is 6. The molecule has 2 amide bonds. The second kappa shape index (κ2) is 14.4. The Morgan fingerprint density at radius 1 is 0.976 bits per heavy atom. The second-order valence-corrected chi connectivity index (χ2v) is 11.5. The predicted molar refractivity (Wildman–Crippen MR) is 158 cm³/mol. The first-order valence-electron chi connectivity index (χ1n) is 13.5. The molecular formula is C30H36N4O6S. The Kier molecular flexibility index (Phi) is 11.0. The highest BCUT2D eigenvalue weighted by molar-refractivity contribution is 7.92. The number of rotatable bonds is 14. The van der Waals surface area contributed by atoms with Crippen LogP contribution >= 0.6 is 0 Å². The summed E-state index contributed by atoms with van der Waals surface area (Å²) in [5.74, 6) is -0.941. The van der Waals surface area contributed by atoms with Crippen molar-refractivity contribution in [3.8, 4) is 0 Å². The third-order valence-electron chi connectivity index (χ3n) is 6.63. The Hall–Kier alpha value is -4.25. The van der Waals surface area contributed by atoms with Crippen molar-refractivity contribution in [3.05, 3.63) is 100 Å². The summed E-state index contributed by atoms with van der Waals surface area (Å²) in [5, 5.41) is 14.4. The summed E-state index contributed by atoms with van der Waals surface area (Å²) in [5.41, 5.74) is 1.45. The number of nitrogens with zero attached hydrogens (tertiary/aromatic N) is 3. The molecule has 0 saturated heterocycles. The third-order valence-corrected chi connectivity index (χ3v) is 8.42. The number of carbonyl (C=O) groups excluding carboxylic acids is 2. The first kappa shape index (κ1) is 31.3. The van der Waals surface area contributed by atoms with Gasteiger partial charge in [-0.3, -0.25) is 24.0 Å². The zero-order chi connectivity index (χ0) is 30.0. The second-order valence-electron chi connectivity index (χ2n) is 9.68. The van der Waals surface area contributed by atoms with Crippen LogP contribution in [0.15, 0.2) is 83.8 Å². The largest absolute Gasteiger partial charge is 0.354 e. The van der Waals surface area contributed by atoms with E-state index in [4.69, 9.17) is 0 Å². The van der Waals surface area contributed by atoms with Crippen LogP contribution in [0, 0.1) is 17.0 Å². The molecule has 10 nitrogen and oxygen atoms in total. The number of nitro groups is 1. The number of unbranched alkanes of at least 4 members (excludes halogenated alkanes) is 1. The minimum absolute atomic E-state index is 0.0351. The van der Waals surface area contributed by atoms with Crippen LogP contribution in [-0.4, -0.2) is 49.2 Å². The van der Waals surface area contributed by atoms with E-state index in [1.807, 2.05) is 38.1 Å². The summed E-state index contributed by atoms with van der Waals surface area (Å²) < 4.78 is 28.5. The number of non-ortho nitro benzene ring substituents is 1. The van der Waals surface area contributed by atoms with Crippen molar-refractivity contribution in [2.75, 3.05) is 17.4 Å². The van der Waals surface area contributed by atoms with Crippen LogP contribution in [0.1, 0.15) is 44.2 Å². The zero-order valence-electron chi connectivity index (χ0n) is 23.5. The van der Waals surface area contributed by atoms with Gasteiger partial charge in [-0.15, -0.1) is 0 Å². The molecule has 218 valence electrons. The van der Waals surface area contributed by atoms with Crippen LogP contribution in [0.2, 0.25) is 0 Å². The fraction of sp³-hybridized carbons (Fsp3) is 0.333. The monoisotopic (exact) mass is 580 g/mol. The van der Waals surface area contributed by atoms with Gasteiger partial charge in [0.25, 0.3) is 15.7 Å². The number of benzene rings is 3. The maximum Gasteiger partial charge on any atom is 0.271 e. The molecule has 0 bridgehead atoms. The smallest absolute Gasteiger partial charge is 0.271 e. The van der Waals surface area contributed by atoms with E-state index < -0.39 is 33.4 Å². The van der Waals surface area contributed by atoms with Crippen molar-refractivity contribution < 1.29 is 22.9 Å². The molecule has 0 spiro atoms. The van der Waals surface area contributed by atoms with Gasteiger partial charge < -0.3 is 10.2 Å². The molecule has 1 atom stereocenters. The van der Waals surface area contributed by atoms with Crippen LogP contribution in [0.4, 0.5) is 11.4 Å². The number of aryl methyl sites for hydroxylation is 1. The summed E-state index contributed by atoms with van der Waals surface area (Å²) in [6.45, 7) is 5.61. The van der Waals surface area contributed by atoms with E-state index in [2.05, 4.69) is 5.32 Å². The van der Waals surface area contributed by atoms with Crippen LogP contribution in [0.3, 0.4) is 0 Å².